The molecule has 0 saturated carbocycles. The van der Waals surface area contributed by atoms with Gasteiger partial charge in [0.2, 0.25) is 0 Å². The van der Waals surface area contributed by atoms with Crippen LogP contribution in [-0.2, 0) is 9.47 Å². The molecule has 1 fully saturated rings. The molecule has 42 heavy (non-hydrogen) atoms. The van der Waals surface area contributed by atoms with Gasteiger partial charge in [-0.15, -0.1) is 11.3 Å². The molecular formula is C30H40N6O5S. The summed E-state index contributed by atoms with van der Waals surface area (Å²) in [5, 5.41) is 3.51. The van der Waals surface area contributed by atoms with Crippen LogP contribution in [0.5, 0.6) is 0 Å². The van der Waals surface area contributed by atoms with Crippen LogP contribution in [-0.4, -0.2) is 86.9 Å². The second-order valence-electron chi connectivity index (χ2n) is 11.2. The zero-order valence-electron chi connectivity index (χ0n) is 24.9. The van der Waals surface area contributed by atoms with E-state index >= 15 is 0 Å². The Hall–Kier alpha value is -4.06. The van der Waals surface area contributed by atoms with Crippen molar-refractivity contribution in [3.05, 3.63) is 47.0 Å². The van der Waals surface area contributed by atoms with Gasteiger partial charge < -0.3 is 35.2 Å². The number of alkyl carbamates (subject to hydrolysis) is 1. The molecule has 0 radical (unpaired) electrons. The predicted octanol–water partition coefficient (Wildman–Crippen LogP) is 4.37. The van der Waals surface area contributed by atoms with Crippen molar-refractivity contribution >= 4 is 56.6 Å². The van der Waals surface area contributed by atoms with E-state index in [1.165, 1.54) is 18.4 Å². The maximum Gasteiger partial charge on any atom is 0.407 e. The number of amides is 2. The highest BCUT2D eigenvalue weighted by Crippen LogP contribution is 2.39. The van der Waals surface area contributed by atoms with Gasteiger partial charge in [-0.25, -0.2) is 14.6 Å². The number of thiophene rings is 1. The van der Waals surface area contributed by atoms with E-state index in [2.05, 4.69) is 20.1 Å². The number of carbonyl (C=O) groups excluding carboxylic acids is 3. The van der Waals surface area contributed by atoms with Crippen LogP contribution in [0.3, 0.4) is 0 Å². The fraction of sp³-hybridized carbons (Fsp3) is 0.467. The average Bonchev–Trinajstić information content (AvgIpc) is 3.13. The van der Waals surface area contributed by atoms with Crippen molar-refractivity contribution in [2.24, 2.45) is 0 Å². The maximum absolute atomic E-state index is 13.0. The third-order valence-electron chi connectivity index (χ3n) is 6.98. The summed E-state index contributed by atoms with van der Waals surface area (Å²) in [5.74, 6) is -0.519. The molecule has 0 aliphatic carbocycles. The van der Waals surface area contributed by atoms with E-state index in [0.717, 1.165) is 54.2 Å². The Labute approximate surface area is 250 Å². The molecule has 3 N–H and O–H groups in total. The number of fused-ring (bicyclic) bond motifs is 1. The van der Waals surface area contributed by atoms with E-state index in [1.807, 2.05) is 51.1 Å². The quantitative estimate of drug-likeness (QED) is 0.288. The number of anilines is 3. The number of nitrogen functional groups attached to an aromatic ring is 1. The van der Waals surface area contributed by atoms with Crippen LogP contribution in [0.15, 0.2) is 36.5 Å². The van der Waals surface area contributed by atoms with Gasteiger partial charge in [-0.2, -0.15) is 0 Å². The number of aromatic nitrogens is 1. The van der Waals surface area contributed by atoms with Gasteiger partial charge in [0.05, 0.1) is 23.9 Å². The highest BCUT2D eigenvalue weighted by molar-refractivity contribution is 7.21. The first-order valence-electron chi connectivity index (χ1n) is 14.1. The van der Waals surface area contributed by atoms with E-state index in [0.29, 0.717) is 35.6 Å². The zero-order chi connectivity index (χ0) is 30.4. The second-order valence-corrected chi connectivity index (χ2v) is 12.2. The lowest BCUT2D eigenvalue weighted by Gasteiger charge is -2.25. The highest BCUT2D eigenvalue weighted by Gasteiger charge is 2.24. The van der Waals surface area contributed by atoms with E-state index < -0.39 is 17.7 Å². The standard InChI is InChI=1S/C30H40N6O5S/c1-30(2,3)41-29(39)33-13-6-15-34(4)27(37)20-8-10-21(11-9-20)35-16-7-17-36(19-18-35)22-12-14-32-26-23(22)24(31)25(42-26)28(38)40-5/h8-12,14H,6-7,13,15-19,31H2,1-5H3,(H,33,39). The first kappa shape index (κ1) is 30.9. The maximum atomic E-state index is 13.0. The van der Waals surface area contributed by atoms with Crippen molar-refractivity contribution < 1.29 is 23.9 Å². The lowest BCUT2D eigenvalue weighted by Crippen LogP contribution is -2.35. The molecule has 2 aromatic heterocycles. The first-order valence-corrected chi connectivity index (χ1v) is 14.9. The largest absolute Gasteiger partial charge is 0.465 e. The summed E-state index contributed by atoms with van der Waals surface area (Å²) in [6, 6.07) is 9.66. The van der Waals surface area contributed by atoms with Crippen LogP contribution < -0.4 is 20.9 Å². The number of ether oxygens (including phenoxy) is 2. The topological polar surface area (TPSA) is 130 Å². The minimum atomic E-state index is -0.544. The number of hydrogen-bond donors (Lipinski definition) is 2. The number of nitrogens with one attached hydrogen (secondary N) is 1. The molecule has 0 spiro atoms. The van der Waals surface area contributed by atoms with Crippen molar-refractivity contribution in [2.45, 2.75) is 39.2 Å². The summed E-state index contributed by atoms with van der Waals surface area (Å²) in [7, 11) is 3.11. The van der Waals surface area contributed by atoms with E-state index in [4.69, 9.17) is 15.2 Å². The van der Waals surface area contributed by atoms with Gasteiger partial charge in [0.1, 0.15) is 15.3 Å². The molecule has 1 saturated heterocycles. The second kappa shape index (κ2) is 13.3. The number of nitrogens with two attached hydrogens (primary N) is 1. The SMILES string of the molecule is COC(=O)c1sc2nccc(N3CCCN(c4ccc(C(=O)N(C)CCCNC(=O)OC(C)(C)C)cc4)CC3)c2c1N. The minimum Gasteiger partial charge on any atom is -0.465 e. The van der Waals surface area contributed by atoms with Gasteiger partial charge in [-0.1, -0.05) is 0 Å². The molecule has 3 aromatic rings. The Morgan fingerprint density at radius 2 is 1.76 bits per heavy atom. The number of carbonyl (C=O) groups is 3. The van der Waals surface area contributed by atoms with Crippen molar-refractivity contribution in [3.8, 4) is 0 Å². The van der Waals surface area contributed by atoms with Gasteiger partial charge in [-0.05, 0) is 63.9 Å². The van der Waals surface area contributed by atoms with Crippen molar-refractivity contribution in [3.63, 3.8) is 0 Å². The summed E-state index contributed by atoms with van der Waals surface area (Å²) in [6.45, 7) is 9.64. The average molecular weight is 597 g/mol. The van der Waals surface area contributed by atoms with Crippen molar-refractivity contribution in [1.29, 1.82) is 0 Å². The predicted molar refractivity (Wildman–Crippen MR) is 167 cm³/mol. The molecule has 4 rings (SSSR count). The molecule has 11 nitrogen and oxygen atoms in total. The third-order valence-corrected chi connectivity index (χ3v) is 8.07. The Bertz CT molecular complexity index is 1420. The summed E-state index contributed by atoms with van der Waals surface area (Å²) in [5.41, 5.74) is 8.90. The number of benzene rings is 1. The molecular weight excluding hydrogens is 556 g/mol. The van der Waals surface area contributed by atoms with Crippen molar-refractivity contribution in [2.75, 3.05) is 69.0 Å². The lowest BCUT2D eigenvalue weighted by atomic mass is 10.1. The molecule has 0 atom stereocenters. The number of rotatable bonds is 8. The molecule has 3 heterocycles. The number of pyridine rings is 1. The number of hydrogen-bond acceptors (Lipinski definition) is 10. The summed E-state index contributed by atoms with van der Waals surface area (Å²) >= 11 is 1.25. The van der Waals surface area contributed by atoms with Gasteiger partial charge >= 0.3 is 12.1 Å². The van der Waals surface area contributed by atoms with Gasteiger partial charge in [0.25, 0.3) is 5.91 Å². The van der Waals surface area contributed by atoms with Gasteiger partial charge in [-0.3, -0.25) is 4.79 Å². The number of methoxy groups -OCH3 is 1. The monoisotopic (exact) mass is 596 g/mol. The van der Waals surface area contributed by atoms with Gasteiger partial charge in [0.15, 0.2) is 0 Å². The Balaban J connectivity index is 1.33. The van der Waals surface area contributed by atoms with Crippen LogP contribution in [0, 0.1) is 0 Å². The molecule has 1 aliphatic heterocycles. The van der Waals surface area contributed by atoms with E-state index in [1.54, 1.807) is 18.1 Å². The fourth-order valence-corrected chi connectivity index (χ4v) is 5.91. The minimum absolute atomic E-state index is 0.0674. The molecule has 0 unspecified atom stereocenters. The number of esters is 1. The molecule has 1 aliphatic rings. The Morgan fingerprint density at radius 3 is 2.45 bits per heavy atom. The van der Waals surface area contributed by atoms with Crippen LogP contribution >= 0.6 is 11.3 Å². The lowest BCUT2D eigenvalue weighted by molar-refractivity contribution is 0.0525. The normalized spacial score (nSPS) is 13.9. The molecule has 0 bridgehead atoms. The Morgan fingerprint density at radius 1 is 1.07 bits per heavy atom. The van der Waals surface area contributed by atoms with Crippen LogP contribution in [0.25, 0.3) is 10.2 Å². The van der Waals surface area contributed by atoms with Gasteiger partial charge in [0, 0.05) is 63.8 Å². The van der Waals surface area contributed by atoms with Crippen molar-refractivity contribution in [1.82, 2.24) is 15.2 Å². The highest BCUT2D eigenvalue weighted by atomic mass is 32.1. The fourth-order valence-electron chi connectivity index (χ4n) is 4.91. The summed E-state index contributed by atoms with van der Waals surface area (Å²) in [4.78, 5) is 48.7. The zero-order valence-corrected chi connectivity index (χ0v) is 25.8. The van der Waals surface area contributed by atoms with Crippen LogP contribution in [0.4, 0.5) is 21.9 Å². The van der Waals surface area contributed by atoms with Crippen LogP contribution in [0.1, 0.15) is 53.6 Å². The molecule has 226 valence electrons. The summed E-state index contributed by atoms with van der Waals surface area (Å²) < 4.78 is 10.1. The molecule has 2 amide bonds. The van der Waals surface area contributed by atoms with Crippen LogP contribution in [0.2, 0.25) is 0 Å². The number of nitrogens with zero attached hydrogens (tertiary/aromatic N) is 4. The molecule has 1 aromatic carbocycles. The summed E-state index contributed by atoms with van der Waals surface area (Å²) in [6.07, 6.45) is 2.84. The molecule has 12 heteroatoms. The first-order chi connectivity index (χ1) is 20.0. The Kier molecular flexibility index (Phi) is 9.77. The smallest absolute Gasteiger partial charge is 0.407 e. The third kappa shape index (κ3) is 7.41. The van der Waals surface area contributed by atoms with E-state index in [9.17, 15) is 14.4 Å². The van der Waals surface area contributed by atoms with E-state index in [-0.39, 0.29) is 5.91 Å².